The zero-order valence-corrected chi connectivity index (χ0v) is 10.7. The van der Waals surface area contributed by atoms with E-state index in [4.69, 9.17) is 0 Å². The Bertz CT molecular complexity index is 343. The fourth-order valence-corrected chi connectivity index (χ4v) is 2.86. The largest absolute Gasteiger partial charge is 0.310 e. The first-order valence-electron chi connectivity index (χ1n) is 6.43. The normalized spacial score (nSPS) is 25.2. The van der Waals surface area contributed by atoms with Crippen LogP contribution in [0.2, 0.25) is 0 Å². The van der Waals surface area contributed by atoms with Gasteiger partial charge in [-0.1, -0.05) is 19.8 Å². The van der Waals surface area contributed by atoms with Crippen LogP contribution in [-0.4, -0.2) is 15.8 Å². The summed E-state index contributed by atoms with van der Waals surface area (Å²) in [5, 5.41) is 8.07. The van der Waals surface area contributed by atoms with Crippen LogP contribution in [0.4, 0.5) is 0 Å². The highest BCUT2D eigenvalue weighted by Gasteiger charge is 2.25. The van der Waals surface area contributed by atoms with E-state index in [1.807, 2.05) is 11.7 Å². The van der Waals surface area contributed by atoms with Crippen molar-refractivity contribution in [3.05, 3.63) is 17.5 Å². The molecular weight excluding hydrogens is 198 g/mol. The van der Waals surface area contributed by atoms with E-state index in [1.54, 1.807) is 0 Å². The van der Waals surface area contributed by atoms with Crippen LogP contribution in [0.5, 0.6) is 0 Å². The van der Waals surface area contributed by atoms with Crippen molar-refractivity contribution in [1.29, 1.82) is 0 Å². The zero-order valence-electron chi connectivity index (χ0n) is 10.7. The van der Waals surface area contributed by atoms with Crippen LogP contribution in [0.1, 0.15) is 43.9 Å². The van der Waals surface area contributed by atoms with Crippen LogP contribution in [0.3, 0.4) is 0 Å². The van der Waals surface area contributed by atoms with Gasteiger partial charge in [-0.2, -0.15) is 5.10 Å². The third-order valence-corrected chi connectivity index (χ3v) is 3.85. The Balaban J connectivity index is 1.89. The maximum atomic E-state index is 4.37. The van der Waals surface area contributed by atoms with Gasteiger partial charge in [0, 0.05) is 31.4 Å². The Kier molecular flexibility index (Phi) is 3.64. The quantitative estimate of drug-likeness (QED) is 0.846. The summed E-state index contributed by atoms with van der Waals surface area (Å²) in [6, 6.07) is 0.726. The molecule has 3 nitrogen and oxygen atoms in total. The Morgan fingerprint density at radius 3 is 2.94 bits per heavy atom. The molecule has 1 aliphatic rings. The second-order valence-corrected chi connectivity index (χ2v) is 5.00. The molecule has 0 aromatic carbocycles. The first kappa shape index (κ1) is 11.6. The summed E-state index contributed by atoms with van der Waals surface area (Å²) in [4.78, 5) is 0. The smallest absolute Gasteiger partial charge is 0.0638 e. The maximum absolute atomic E-state index is 4.37. The number of nitrogens with one attached hydrogen (secondary N) is 1. The van der Waals surface area contributed by atoms with Gasteiger partial charge in [0.25, 0.3) is 0 Å². The topological polar surface area (TPSA) is 29.9 Å². The zero-order chi connectivity index (χ0) is 11.5. The van der Waals surface area contributed by atoms with Crippen LogP contribution in [-0.2, 0) is 13.6 Å². The lowest BCUT2D eigenvalue weighted by molar-refractivity contribution is 0.389. The number of aromatic nitrogens is 2. The summed E-state index contributed by atoms with van der Waals surface area (Å²) in [5.74, 6) is 0.886. The summed E-state index contributed by atoms with van der Waals surface area (Å²) < 4.78 is 1.90. The minimum Gasteiger partial charge on any atom is -0.310 e. The molecule has 1 aliphatic carbocycles. The predicted molar refractivity (Wildman–Crippen MR) is 66.2 cm³/mol. The van der Waals surface area contributed by atoms with Gasteiger partial charge in [0.1, 0.15) is 0 Å². The number of nitrogens with zero attached hydrogens (tertiary/aromatic N) is 2. The van der Waals surface area contributed by atoms with E-state index < -0.39 is 0 Å². The average Bonchev–Trinajstić information content (AvgIpc) is 2.81. The van der Waals surface area contributed by atoms with Gasteiger partial charge in [-0.15, -0.1) is 0 Å². The Hall–Kier alpha value is -0.830. The minimum atomic E-state index is 0.726. The molecule has 2 atom stereocenters. The van der Waals surface area contributed by atoms with E-state index in [9.17, 15) is 0 Å². The number of hydrogen-bond donors (Lipinski definition) is 1. The third kappa shape index (κ3) is 2.46. The summed E-state index contributed by atoms with van der Waals surface area (Å²) in [7, 11) is 1.99. The van der Waals surface area contributed by atoms with Gasteiger partial charge in [0.2, 0.25) is 0 Å². The van der Waals surface area contributed by atoms with Gasteiger partial charge < -0.3 is 5.32 Å². The molecule has 2 unspecified atom stereocenters. The van der Waals surface area contributed by atoms with Gasteiger partial charge in [0.15, 0.2) is 0 Å². The standard InChI is InChI=1S/C13H23N3/c1-4-11-6-5-7-13(11)14-8-12-9-16(3)15-10(12)2/h9,11,13-14H,4-8H2,1-3H3. The summed E-state index contributed by atoms with van der Waals surface area (Å²) in [6.45, 7) is 5.36. The van der Waals surface area contributed by atoms with E-state index in [0.29, 0.717) is 0 Å². The molecular formula is C13H23N3. The van der Waals surface area contributed by atoms with Crippen LogP contribution >= 0.6 is 0 Å². The van der Waals surface area contributed by atoms with Crippen molar-refractivity contribution in [3.8, 4) is 0 Å². The molecule has 0 spiro atoms. The Labute approximate surface area is 98.2 Å². The van der Waals surface area contributed by atoms with Crippen LogP contribution in [0, 0.1) is 12.8 Å². The highest BCUT2D eigenvalue weighted by Crippen LogP contribution is 2.28. The van der Waals surface area contributed by atoms with E-state index >= 15 is 0 Å². The van der Waals surface area contributed by atoms with Crippen LogP contribution < -0.4 is 5.32 Å². The minimum absolute atomic E-state index is 0.726. The maximum Gasteiger partial charge on any atom is 0.0638 e. The number of hydrogen-bond acceptors (Lipinski definition) is 2. The fourth-order valence-electron chi connectivity index (χ4n) is 2.86. The van der Waals surface area contributed by atoms with Crippen molar-refractivity contribution >= 4 is 0 Å². The lowest BCUT2D eigenvalue weighted by Gasteiger charge is -2.19. The van der Waals surface area contributed by atoms with E-state index in [-0.39, 0.29) is 0 Å². The molecule has 1 fully saturated rings. The molecule has 0 aliphatic heterocycles. The summed E-state index contributed by atoms with van der Waals surface area (Å²) in [5.41, 5.74) is 2.49. The summed E-state index contributed by atoms with van der Waals surface area (Å²) >= 11 is 0. The van der Waals surface area contributed by atoms with E-state index in [1.165, 1.54) is 31.2 Å². The molecule has 1 heterocycles. The molecule has 0 radical (unpaired) electrons. The van der Waals surface area contributed by atoms with Crippen molar-refractivity contribution in [3.63, 3.8) is 0 Å². The van der Waals surface area contributed by atoms with Crippen LogP contribution in [0.15, 0.2) is 6.20 Å². The van der Waals surface area contributed by atoms with Crippen molar-refractivity contribution in [2.75, 3.05) is 0 Å². The summed E-state index contributed by atoms with van der Waals surface area (Å²) in [6.07, 6.45) is 7.57. The molecule has 1 N–H and O–H groups in total. The highest BCUT2D eigenvalue weighted by atomic mass is 15.2. The predicted octanol–water partition coefficient (Wildman–Crippen LogP) is 2.40. The van der Waals surface area contributed by atoms with Gasteiger partial charge in [-0.3, -0.25) is 4.68 Å². The lowest BCUT2D eigenvalue weighted by atomic mass is 10.0. The van der Waals surface area contributed by atoms with Gasteiger partial charge in [-0.05, 0) is 25.7 Å². The van der Waals surface area contributed by atoms with Gasteiger partial charge in [-0.25, -0.2) is 0 Å². The molecule has 0 amide bonds. The van der Waals surface area contributed by atoms with Gasteiger partial charge >= 0.3 is 0 Å². The number of rotatable bonds is 4. The first-order chi connectivity index (χ1) is 7.70. The lowest BCUT2D eigenvalue weighted by Crippen LogP contribution is -2.31. The molecule has 1 saturated carbocycles. The highest BCUT2D eigenvalue weighted by molar-refractivity contribution is 5.15. The second-order valence-electron chi connectivity index (χ2n) is 5.00. The molecule has 1 aromatic rings. The Morgan fingerprint density at radius 2 is 2.31 bits per heavy atom. The molecule has 0 saturated heterocycles. The van der Waals surface area contributed by atoms with Crippen molar-refractivity contribution in [2.45, 2.75) is 52.1 Å². The fraction of sp³-hybridized carbons (Fsp3) is 0.769. The molecule has 16 heavy (non-hydrogen) atoms. The molecule has 0 bridgehead atoms. The first-order valence-corrected chi connectivity index (χ1v) is 6.43. The third-order valence-electron chi connectivity index (χ3n) is 3.85. The SMILES string of the molecule is CCC1CCCC1NCc1cn(C)nc1C. The van der Waals surface area contributed by atoms with Gasteiger partial charge in [0.05, 0.1) is 5.69 Å². The van der Waals surface area contributed by atoms with E-state index in [0.717, 1.165) is 24.2 Å². The Morgan fingerprint density at radius 1 is 1.50 bits per heavy atom. The second kappa shape index (κ2) is 5.00. The van der Waals surface area contributed by atoms with E-state index in [2.05, 4.69) is 30.5 Å². The average molecular weight is 221 g/mol. The van der Waals surface area contributed by atoms with Crippen molar-refractivity contribution in [1.82, 2.24) is 15.1 Å². The molecule has 90 valence electrons. The molecule has 3 heteroatoms. The van der Waals surface area contributed by atoms with Crippen LogP contribution in [0.25, 0.3) is 0 Å². The molecule has 1 aromatic heterocycles. The monoisotopic (exact) mass is 221 g/mol. The molecule has 2 rings (SSSR count). The van der Waals surface area contributed by atoms with Crippen molar-refractivity contribution < 1.29 is 0 Å². The number of aryl methyl sites for hydroxylation is 2. The van der Waals surface area contributed by atoms with Crippen molar-refractivity contribution in [2.24, 2.45) is 13.0 Å².